The van der Waals surface area contributed by atoms with Crippen LogP contribution in [0.2, 0.25) is 0 Å². The van der Waals surface area contributed by atoms with Gasteiger partial charge < -0.3 is 21.3 Å². The summed E-state index contributed by atoms with van der Waals surface area (Å²) in [7, 11) is 3.74. The Balaban J connectivity index is 2.42. The van der Waals surface area contributed by atoms with E-state index in [4.69, 9.17) is 5.73 Å². The molecule has 4 N–H and O–H groups in total. The van der Waals surface area contributed by atoms with E-state index in [9.17, 15) is 4.79 Å². The lowest BCUT2D eigenvalue weighted by atomic mass is 10.5. The zero-order chi connectivity index (χ0) is 12.0. The number of carbonyl (C=O) groups is 1. The molecular formula is C9H16N6O. The molecule has 0 fully saturated rings. The zero-order valence-electron chi connectivity index (χ0n) is 9.40. The molecule has 2 amide bonds. The molecule has 0 unspecified atom stereocenters. The van der Waals surface area contributed by atoms with Crippen molar-refractivity contribution in [3.63, 3.8) is 0 Å². The Labute approximate surface area is 94.1 Å². The molecule has 1 rings (SSSR count). The van der Waals surface area contributed by atoms with E-state index in [0.29, 0.717) is 24.9 Å². The Morgan fingerprint density at radius 1 is 1.50 bits per heavy atom. The molecule has 88 valence electrons. The number of nitrogens with one attached hydrogen (secondary N) is 2. The maximum Gasteiger partial charge on any atom is 0.312 e. The molecule has 16 heavy (non-hydrogen) atoms. The second kappa shape index (κ2) is 5.74. The van der Waals surface area contributed by atoms with Gasteiger partial charge in [0.15, 0.2) is 0 Å². The van der Waals surface area contributed by atoms with Gasteiger partial charge in [-0.15, -0.1) is 0 Å². The lowest BCUT2D eigenvalue weighted by Gasteiger charge is -2.11. The van der Waals surface area contributed by atoms with Gasteiger partial charge in [-0.25, -0.2) is 9.78 Å². The Morgan fingerprint density at radius 3 is 2.88 bits per heavy atom. The molecule has 0 atom stereocenters. The van der Waals surface area contributed by atoms with Crippen LogP contribution in [0.3, 0.4) is 0 Å². The summed E-state index contributed by atoms with van der Waals surface area (Å²) in [5.41, 5.74) is 4.93. The number of primary amides is 1. The van der Waals surface area contributed by atoms with E-state index < -0.39 is 6.03 Å². The third kappa shape index (κ3) is 3.99. The Kier molecular flexibility index (Phi) is 4.31. The molecule has 0 saturated heterocycles. The number of hydrogen-bond donors (Lipinski definition) is 3. The molecule has 7 heteroatoms. The molecule has 1 heterocycles. The molecular weight excluding hydrogens is 208 g/mol. The van der Waals surface area contributed by atoms with Crippen LogP contribution in [0.5, 0.6) is 0 Å². The first-order valence-corrected chi connectivity index (χ1v) is 4.87. The monoisotopic (exact) mass is 224 g/mol. The van der Waals surface area contributed by atoms with Crippen LogP contribution in [0.4, 0.5) is 16.6 Å². The highest BCUT2D eigenvalue weighted by molar-refractivity contribution is 5.71. The van der Waals surface area contributed by atoms with Crippen LogP contribution in [0.25, 0.3) is 0 Å². The SMILES string of the molecule is CN(C)c1nccc(NCCNC(N)=O)n1. The summed E-state index contributed by atoms with van der Waals surface area (Å²) in [6.45, 7) is 1.02. The molecule has 1 aromatic rings. The van der Waals surface area contributed by atoms with Crippen molar-refractivity contribution < 1.29 is 4.79 Å². The fourth-order valence-corrected chi connectivity index (χ4v) is 1.04. The second-order valence-corrected chi connectivity index (χ2v) is 3.35. The molecule has 0 aliphatic rings. The van der Waals surface area contributed by atoms with Crippen molar-refractivity contribution in [2.75, 3.05) is 37.4 Å². The van der Waals surface area contributed by atoms with Gasteiger partial charge in [0.2, 0.25) is 5.95 Å². The van der Waals surface area contributed by atoms with E-state index in [0.717, 1.165) is 0 Å². The van der Waals surface area contributed by atoms with Crippen molar-refractivity contribution in [3.05, 3.63) is 12.3 Å². The van der Waals surface area contributed by atoms with Gasteiger partial charge in [-0.2, -0.15) is 4.98 Å². The van der Waals surface area contributed by atoms with E-state index in [-0.39, 0.29) is 0 Å². The van der Waals surface area contributed by atoms with Crippen LogP contribution in [0.1, 0.15) is 0 Å². The summed E-state index contributed by atoms with van der Waals surface area (Å²) in [5.74, 6) is 1.35. The molecule has 0 saturated carbocycles. The molecule has 1 aromatic heterocycles. The van der Waals surface area contributed by atoms with Gasteiger partial charge in [0.1, 0.15) is 5.82 Å². The van der Waals surface area contributed by atoms with Gasteiger partial charge in [0.25, 0.3) is 0 Å². The van der Waals surface area contributed by atoms with Crippen LogP contribution in [-0.2, 0) is 0 Å². The first kappa shape index (κ1) is 12.0. The second-order valence-electron chi connectivity index (χ2n) is 3.35. The molecule has 0 aliphatic heterocycles. The highest BCUT2D eigenvalue weighted by Gasteiger charge is 2.00. The lowest BCUT2D eigenvalue weighted by molar-refractivity contribution is 0.249. The minimum Gasteiger partial charge on any atom is -0.368 e. The molecule has 0 radical (unpaired) electrons. The van der Waals surface area contributed by atoms with Gasteiger partial charge in [-0.3, -0.25) is 0 Å². The predicted molar refractivity (Wildman–Crippen MR) is 62.4 cm³/mol. The molecule has 0 aliphatic carbocycles. The quantitative estimate of drug-likeness (QED) is 0.593. The minimum atomic E-state index is -0.529. The van der Waals surface area contributed by atoms with Crippen LogP contribution in [-0.4, -0.2) is 43.2 Å². The maximum atomic E-state index is 10.4. The van der Waals surface area contributed by atoms with Crippen molar-refractivity contribution in [3.8, 4) is 0 Å². The van der Waals surface area contributed by atoms with Crippen LogP contribution in [0, 0.1) is 0 Å². The number of urea groups is 1. The summed E-state index contributed by atoms with van der Waals surface area (Å²) in [6.07, 6.45) is 1.67. The normalized spacial score (nSPS) is 9.62. The average molecular weight is 224 g/mol. The highest BCUT2D eigenvalue weighted by atomic mass is 16.2. The summed E-state index contributed by atoms with van der Waals surface area (Å²) >= 11 is 0. The number of aromatic nitrogens is 2. The van der Waals surface area contributed by atoms with Gasteiger partial charge >= 0.3 is 6.03 Å². The van der Waals surface area contributed by atoms with Crippen molar-refractivity contribution in [1.29, 1.82) is 0 Å². The van der Waals surface area contributed by atoms with E-state index >= 15 is 0 Å². The highest BCUT2D eigenvalue weighted by Crippen LogP contribution is 2.06. The molecule has 0 bridgehead atoms. The molecule has 0 aromatic carbocycles. The Hall–Kier alpha value is -2.05. The molecule has 0 spiro atoms. The average Bonchev–Trinajstić information content (AvgIpc) is 2.24. The predicted octanol–water partition coefficient (Wildman–Crippen LogP) is -0.377. The third-order valence-electron chi connectivity index (χ3n) is 1.77. The van der Waals surface area contributed by atoms with Gasteiger partial charge in [-0.1, -0.05) is 0 Å². The zero-order valence-corrected chi connectivity index (χ0v) is 9.40. The number of nitrogens with zero attached hydrogens (tertiary/aromatic N) is 3. The Bertz CT molecular complexity index is 354. The standard InChI is InChI=1S/C9H16N6O/c1-15(2)9-13-4-3-7(14-9)11-5-6-12-8(10)16/h3-4H,5-6H2,1-2H3,(H3,10,12,16)(H,11,13,14). The van der Waals surface area contributed by atoms with Crippen molar-refractivity contribution in [2.24, 2.45) is 5.73 Å². The maximum absolute atomic E-state index is 10.4. The van der Waals surface area contributed by atoms with Crippen molar-refractivity contribution in [1.82, 2.24) is 15.3 Å². The van der Waals surface area contributed by atoms with Crippen molar-refractivity contribution in [2.45, 2.75) is 0 Å². The van der Waals surface area contributed by atoms with E-state index in [1.165, 1.54) is 0 Å². The van der Waals surface area contributed by atoms with E-state index in [1.54, 1.807) is 12.3 Å². The van der Waals surface area contributed by atoms with Gasteiger partial charge in [0, 0.05) is 33.4 Å². The van der Waals surface area contributed by atoms with Crippen LogP contribution >= 0.6 is 0 Å². The van der Waals surface area contributed by atoms with E-state index in [1.807, 2.05) is 19.0 Å². The largest absolute Gasteiger partial charge is 0.368 e. The van der Waals surface area contributed by atoms with E-state index in [2.05, 4.69) is 20.6 Å². The summed E-state index contributed by atoms with van der Waals surface area (Å²) in [4.78, 5) is 20.5. The number of rotatable bonds is 5. The van der Waals surface area contributed by atoms with Crippen LogP contribution in [0.15, 0.2) is 12.3 Å². The lowest BCUT2D eigenvalue weighted by Crippen LogP contribution is -2.33. The Morgan fingerprint density at radius 2 is 2.25 bits per heavy atom. The third-order valence-corrected chi connectivity index (χ3v) is 1.77. The minimum absolute atomic E-state index is 0.455. The van der Waals surface area contributed by atoms with Crippen LogP contribution < -0.4 is 21.3 Å². The van der Waals surface area contributed by atoms with Gasteiger partial charge in [-0.05, 0) is 6.07 Å². The number of hydrogen-bond acceptors (Lipinski definition) is 5. The first-order valence-electron chi connectivity index (χ1n) is 4.87. The summed E-state index contributed by atoms with van der Waals surface area (Å²) < 4.78 is 0. The van der Waals surface area contributed by atoms with Crippen molar-refractivity contribution >= 4 is 17.8 Å². The number of anilines is 2. The number of nitrogens with two attached hydrogens (primary N) is 1. The topological polar surface area (TPSA) is 96.2 Å². The van der Waals surface area contributed by atoms with Gasteiger partial charge in [0.05, 0.1) is 0 Å². The summed E-state index contributed by atoms with van der Waals surface area (Å²) in [5, 5.41) is 5.52. The molecule has 7 nitrogen and oxygen atoms in total. The fraction of sp³-hybridized carbons (Fsp3) is 0.444. The number of carbonyl (C=O) groups excluding carboxylic acids is 1. The number of amides is 2. The fourth-order valence-electron chi connectivity index (χ4n) is 1.04. The smallest absolute Gasteiger partial charge is 0.312 e. The first-order chi connectivity index (χ1) is 7.59. The summed E-state index contributed by atoms with van der Waals surface area (Å²) in [6, 6.07) is 1.23.